The molecule has 0 unspecified atom stereocenters. The standard InChI is InChI=1S/C18H28N4S/c1-19-18(20-11-3-6-14-23-2)21-15-16-7-9-17(10-8-16)22-12-4-5-13-22/h4-5,7-10H,3,6,11-15H2,1-2H3,(H2,19,20,21). The summed E-state index contributed by atoms with van der Waals surface area (Å²) in [5.74, 6) is 2.11. The van der Waals surface area contributed by atoms with Gasteiger partial charge in [0.15, 0.2) is 5.96 Å². The summed E-state index contributed by atoms with van der Waals surface area (Å²) < 4.78 is 0. The molecule has 2 N–H and O–H groups in total. The fourth-order valence-electron chi connectivity index (χ4n) is 2.50. The van der Waals surface area contributed by atoms with Crippen LogP contribution in [0, 0.1) is 0 Å². The molecule has 4 nitrogen and oxygen atoms in total. The van der Waals surface area contributed by atoms with Gasteiger partial charge in [-0.2, -0.15) is 11.8 Å². The first-order chi connectivity index (χ1) is 11.3. The number of rotatable bonds is 8. The molecule has 0 saturated heterocycles. The van der Waals surface area contributed by atoms with E-state index in [1.807, 2.05) is 18.8 Å². The molecule has 0 aliphatic carbocycles. The average Bonchev–Trinajstić information content (AvgIpc) is 3.12. The summed E-state index contributed by atoms with van der Waals surface area (Å²) in [5, 5.41) is 6.74. The zero-order valence-corrected chi connectivity index (χ0v) is 15.0. The lowest BCUT2D eigenvalue weighted by Crippen LogP contribution is -2.37. The molecule has 5 heteroatoms. The van der Waals surface area contributed by atoms with E-state index >= 15 is 0 Å². The van der Waals surface area contributed by atoms with Gasteiger partial charge in [0.25, 0.3) is 0 Å². The second kappa shape index (κ2) is 10.2. The zero-order valence-electron chi connectivity index (χ0n) is 14.2. The monoisotopic (exact) mass is 332 g/mol. The molecule has 2 rings (SSSR count). The van der Waals surface area contributed by atoms with Crippen molar-refractivity contribution in [2.24, 2.45) is 4.99 Å². The zero-order chi connectivity index (χ0) is 16.3. The van der Waals surface area contributed by atoms with Crippen molar-refractivity contribution < 1.29 is 0 Å². The highest BCUT2D eigenvalue weighted by atomic mass is 32.2. The van der Waals surface area contributed by atoms with Crippen molar-refractivity contribution >= 4 is 23.4 Å². The predicted octanol–water partition coefficient (Wildman–Crippen LogP) is 2.87. The molecule has 126 valence electrons. The molecule has 0 radical (unpaired) electrons. The van der Waals surface area contributed by atoms with Gasteiger partial charge >= 0.3 is 0 Å². The minimum atomic E-state index is 0.795. The first kappa shape index (κ1) is 17.7. The van der Waals surface area contributed by atoms with E-state index in [4.69, 9.17) is 0 Å². The number of nitrogens with zero attached hydrogens (tertiary/aromatic N) is 2. The van der Waals surface area contributed by atoms with Crippen LogP contribution in [0.25, 0.3) is 0 Å². The summed E-state index contributed by atoms with van der Waals surface area (Å²) in [7, 11) is 1.82. The van der Waals surface area contributed by atoms with Crippen LogP contribution < -0.4 is 15.5 Å². The number of benzene rings is 1. The number of nitrogens with one attached hydrogen (secondary N) is 2. The number of thioether (sulfide) groups is 1. The molecule has 1 heterocycles. The number of guanidine groups is 1. The normalized spacial score (nSPS) is 14.3. The fourth-order valence-corrected chi connectivity index (χ4v) is 2.99. The predicted molar refractivity (Wildman–Crippen MR) is 104 cm³/mol. The van der Waals surface area contributed by atoms with Crippen LogP contribution >= 0.6 is 11.8 Å². The van der Waals surface area contributed by atoms with Crippen LogP contribution in [0.2, 0.25) is 0 Å². The number of hydrogen-bond donors (Lipinski definition) is 2. The van der Waals surface area contributed by atoms with Gasteiger partial charge in [0.1, 0.15) is 0 Å². The summed E-state index contributed by atoms with van der Waals surface area (Å²) in [6.45, 7) is 3.81. The Hall–Kier alpha value is -1.62. The van der Waals surface area contributed by atoms with Crippen molar-refractivity contribution in [2.45, 2.75) is 19.4 Å². The highest BCUT2D eigenvalue weighted by Gasteiger charge is 2.07. The van der Waals surface area contributed by atoms with Crippen molar-refractivity contribution in [1.29, 1.82) is 0 Å². The maximum absolute atomic E-state index is 4.27. The molecule has 0 fully saturated rings. The van der Waals surface area contributed by atoms with E-state index in [9.17, 15) is 0 Å². The van der Waals surface area contributed by atoms with Gasteiger partial charge in [-0.05, 0) is 42.5 Å². The highest BCUT2D eigenvalue weighted by molar-refractivity contribution is 7.98. The van der Waals surface area contributed by atoms with Gasteiger partial charge < -0.3 is 15.5 Å². The van der Waals surface area contributed by atoms with Crippen LogP contribution in [0.1, 0.15) is 18.4 Å². The highest BCUT2D eigenvalue weighted by Crippen LogP contribution is 2.17. The molecule has 1 aromatic carbocycles. The van der Waals surface area contributed by atoms with Gasteiger partial charge in [0, 0.05) is 38.9 Å². The Morgan fingerprint density at radius 2 is 1.87 bits per heavy atom. The van der Waals surface area contributed by atoms with Crippen LogP contribution in [0.5, 0.6) is 0 Å². The van der Waals surface area contributed by atoms with Crippen LogP contribution in [0.3, 0.4) is 0 Å². The van der Waals surface area contributed by atoms with E-state index in [0.717, 1.165) is 32.1 Å². The molecular formula is C18H28N4S. The SMILES string of the molecule is CN=C(NCCCCSC)NCc1ccc(N2CC=CC2)cc1. The van der Waals surface area contributed by atoms with Crippen molar-refractivity contribution in [3.63, 3.8) is 0 Å². The van der Waals surface area contributed by atoms with E-state index < -0.39 is 0 Å². The Morgan fingerprint density at radius 3 is 2.52 bits per heavy atom. The van der Waals surface area contributed by atoms with E-state index in [0.29, 0.717) is 0 Å². The summed E-state index contributed by atoms with van der Waals surface area (Å²) >= 11 is 1.90. The quantitative estimate of drug-likeness (QED) is 0.332. The summed E-state index contributed by atoms with van der Waals surface area (Å²) in [6, 6.07) is 8.77. The smallest absolute Gasteiger partial charge is 0.191 e. The second-order valence-corrected chi connectivity index (χ2v) is 6.58. The first-order valence-corrected chi connectivity index (χ1v) is 9.65. The minimum Gasteiger partial charge on any atom is -0.364 e. The maximum Gasteiger partial charge on any atom is 0.191 e. The number of anilines is 1. The maximum atomic E-state index is 4.27. The van der Waals surface area contributed by atoms with E-state index in [2.05, 4.69) is 63.2 Å². The lowest BCUT2D eigenvalue weighted by atomic mass is 10.2. The van der Waals surface area contributed by atoms with Gasteiger partial charge in [0.05, 0.1) is 0 Å². The molecule has 0 saturated carbocycles. The molecule has 0 atom stereocenters. The summed E-state index contributed by atoms with van der Waals surface area (Å²) in [4.78, 5) is 6.63. The van der Waals surface area contributed by atoms with E-state index in [-0.39, 0.29) is 0 Å². The Bertz CT molecular complexity index is 502. The van der Waals surface area contributed by atoms with Crippen molar-refractivity contribution in [3.8, 4) is 0 Å². The third-order valence-electron chi connectivity index (χ3n) is 3.87. The molecule has 1 aliphatic rings. The van der Waals surface area contributed by atoms with Crippen LogP contribution in [-0.4, -0.2) is 44.7 Å². The number of unbranched alkanes of at least 4 members (excludes halogenated alkanes) is 1. The first-order valence-electron chi connectivity index (χ1n) is 8.26. The van der Waals surface area contributed by atoms with Gasteiger partial charge in [-0.15, -0.1) is 0 Å². The van der Waals surface area contributed by atoms with Gasteiger partial charge in [-0.25, -0.2) is 0 Å². The van der Waals surface area contributed by atoms with Crippen molar-refractivity contribution in [3.05, 3.63) is 42.0 Å². The molecule has 1 aliphatic heterocycles. The molecule has 0 bridgehead atoms. The third kappa shape index (κ3) is 6.18. The van der Waals surface area contributed by atoms with Gasteiger partial charge in [0.2, 0.25) is 0 Å². The van der Waals surface area contributed by atoms with Crippen LogP contribution in [0.4, 0.5) is 5.69 Å². The Balaban J connectivity index is 1.71. The topological polar surface area (TPSA) is 39.7 Å². The number of hydrogen-bond acceptors (Lipinski definition) is 3. The number of aliphatic imine (C=N–C) groups is 1. The minimum absolute atomic E-state index is 0.795. The van der Waals surface area contributed by atoms with Crippen LogP contribution in [-0.2, 0) is 6.54 Å². The largest absolute Gasteiger partial charge is 0.364 e. The van der Waals surface area contributed by atoms with Crippen LogP contribution in [0.15, 0.2) is 41.4 Å². The Kier molecular flexibility index (Phi) is 7.87. The molecule has 1 aromatic rings. The second-order valence-electron chi connectivity index (χ2n) is 5.60. The lowest BCUT2D eigenvalue weighted by molar-refractivity contribution is 0.733. The van der Waals surface area contributed by atoms with Crippen molar-refractivity contribution in [2.75, 3.05) is 43.6 Å². The van der Waals surface area contributed by atoms with Gasteiger partial charge in [-0.3, -0.25) is 4.99 Å². The molecule has 0 aromatic heterocycles. The lowest BCUT2D eigenvalue weighted by Gasteiger charge is -2.18. The molecule has 23 heavy (non-hydrogen) atoms. The molecule has 0 amide bonds. The Morgan fingerprint density at radius 1 is 1.13 bits per heavy atom. The summed E-state index contributed by atoms with van der Waals surface area (Å²) in [5.41, 5.74) is 2.56. The van der Waals surface area contributed by atoms with E-state index in [1.165, 1.54) is 29.8 Å². The average molecular weight is 333 g/mol. The Labute approximate surface area is 144 Å². The molecular weight excluding hydrogens is 304 g/mol. The van der Waals surface area contributed by atoms with Gasteiger partial charge in [-0.1, -0.05) is 24.3 Å². The molecule has 0 spiro atoms. The van der Waals surface area contributed by atoms with E-state index in [1.54, 1.807) is 0 Å². The fraction of sp³-hybridized carbons (Fsp3) is 0.500. The van der Waals surface area contributed by atoms with Crippen molar-refractivity contribution in [1.82, 2.24) is 10.6 Å². The third-order valence-corrected chi connectivity index (χ3v) is 4.57. The summed E-state index contributed by atoms with van der Waals surface area (Å²) in [6.07, 6.45) is 9.01.